The van der Waals surface area contributed by atoms with E-state index in [2.05, 4.69) is 47.4 Å². The molecule has 1 heterocycles. The van der Waals surface area contributed by atoms with Crippen LogP contribution in [0.3, 0.4) is 0 Å². The zero-order chi connectivity index (χ0) is 17.9. The number of hydrogen-bond donors (Lipinski definition) is 2. The summed E-state index contributed by atoms with van der Waals surface area (Å²) >= 11 is 0. The van der Waals surface area contributed by atoms with Crippen molar-refractivity contribution in [3.05, 3.63) is 47.9 Å². The van der Waals surface area contributed by atoms with Gasteiger partial charge in [-0.2, -0.15) is 0 Å². The molecule has 3 rings (SSSR count). The second-order valence-corrected chi connectivity index (χ2v) is 7.66. The lowest BCUT2D eigenvalue weighted by Gasteiger charge is -2.23. The molecule has 1 saturated carbocycles. The van der Waals surface area contributed by atoms with Gasteiger partial charge in [-0.05, 0) is 29.9 Å². The number of amides is 1. The molecule has 0 radical (unpaired) electrons. The third-order valence-electron chi connectivity index (χ3n) is 4.59. The van der Waals surface area contributed by atoms with Gasteiger partial charge in [0.1, 0.15) is 17.8 Å². The van der Waals surface area contributed by atoms with Gasteiger partial charge in [0.25, 0.3) is 5.91 Å². The van der Waals surface area contributed by atoms with Gasteiger partial charge in [0, 0.05) is 17.8 Å². The largest absolute Gasteiger partial charge is 0.348 e. The minimum absolute atomic E-state index is 0.0132. The molecule has 1 amide bonds. The van der Waals surface area contributed by atoms with Gasteiger partial charge in [-0.1, -0.05) is 51.8 Å². The summed E-state index contributed by atoms with van der Waals surface area (Å²) in [6, 6.07) is 10.2. The maximum Gasteiger partial charge on any atom is 0.270 e. The molecule has 0 atom stereocenters. The molecule has 1 aliphatic carbocycles. The van der Waals surface area contributed by atoms with Crippen LogP contribution in [0.1, 0.15) is 62.5 Å². The average molecular weight is 338 g/mol. The van der Waals surface area contributed by atoms with Gasteiger partial charge < -0.3 is 10.6 Å². The minimum Gasteiger partial charge on any atom is -0.348 e. The lowest BCUT2D eigenvalue weighted by molar-refractivity contribution is 0.0932. The van der Waals surface area contributed by atoms with Crippen LogP contribution in [0.5, 0.6) is 0 Å². The number of carbonyl (C=O) groups excluding carboxylic acids is 1. The summed E-state index contributed by atoms with van der Waals surface area (Å²) < 4.78 is 0. The lowest BCUT2D eigenvalue weighted by atomic mass is 9.86. The predicted octanol–water partition coefficient (Wildman–Crippen LogP) is 4.19. The molecule has 1 aromatic carbocycles. The summed E-state index contributed by atoms with van der Waals surface area (Å²) in [5.74, 6) is 0.504. The van der Waals surface area contributed by atoms with E-state index in [1.165, 1.54) is 24.7 Å². The van der Waals surface area contributed by atoms with E-state index in [-0.39, 0.29) is 17.4 Å². The molecule has 0 bridgehead atoms. The standard InChI is InChI=1S/C20H26N4O/c1-20(2,3)15-10-6-7-11-16(15)24-18-12-17(21-13-22-18)19(25)23-14-8-4-5-9-14/h6-7,10-14H,4-5,8-9H2,1-3H3,(H,23,25)(H,21,22,24). The van der Waals surface area contributed by atoms with Crippen molar-refractivity contribution < 1.29 is 4.79 Å². The first-order valence-electron chi connectivity index (χ1n) is 8.93. The maximum absolute atomic E-state index is 12.4. The summed E-state index contributed by atoms with van der Waals surface area (Å²) in [4.78, 5) is 20.8. The molecule has 25 heavy (non-hydrogen) atoms. The van der Waals surface area contributed by atoms with Crippen LogP contribution in [0, 0.1) is 0 Å². The second-order valence-electron chi connectivity index (χ2n) is 7.66. The molecule has 2 N–H and O–H groups in total. The Morgan fingerprint density at radius 2 is 1.84 bits per heavy atom. The van der Waals surface area contributed by atoms with Crippen LogP contribution in [0.2, 0.25) is 0 Å². The van der Waals surface area contributed by atoms with Crippen LogP contribution in [0.25, 0.3) is 0 Å². The zero-order valence-corrected chi connectivity index (χ0v) is 15.2. The SMILES string of the molecule is CC(C)(C)c1ccccc1Nc1cc(C(=O)NC2CCCC2)ncn1. The van der Waals surface area contributed by atoms with Crippen LogP contribution < -0.4 is 10.6 Å². The van der Waals surface area contributed by atoms with E-state index in [4.69, 9.17) is 0 Å². The van der Waals surface area contributed by atoms with Gasteiger partial charge in [0.2, 0.25) is 0 Å². The Morgan fingerprint density at radius 3 is 2.56 bits per heavy atom. The molecule has 1 aliphatic rings. The second kappa shape index (κ2) is 7.21. The molecule has 5 nitrogen and oxygen atoms in total. The normalized spacial score (nSPS) is 15.2. The monoisotopic (exact) mass is 338 g/mol. The number of para-hydroxylation sites is 1. The molecule has 1 aromatic heterocycles. The van der Waals surface area contributed by atoms with Crippen LogP contribution in [-0.4, -0.2) is 21.9 Å². The fraction of sp³-hybridized carbons (Fsp3) is 0.450. The summed E-state index contributed by atoms with van der Waals surface area (Å²) in [6.07, 6.45) is 5.92. The number of aromatic nitrogens is 2. The smallest absolute Gasteiger partial charge is 0.270 e. The molecule has 1 fully saturated rings. The zero-order valence-electron chi connectivity index (χ0n) is 15.2. The van der Waals surface area contributed by atoms with E-state index in [0.717, 1.165) is 18.5 Å². The Bertz CT molecular complexity index is 745. The molecule has 2 aromatic rings. The number of benzene rings is 1. The van der Waals surface area contributed by atoms with Crippen LogP contribution >= 0.6 is 0 Å². The third kappa shape index (κ3) is 4.35. The first kappa shape index (κ1) is 17.4. The number of nitrogens with one attached hydrogen (secondary N) is 2. The molecule has 0 unspecified atom stereocenters. The van der Waals surface area contributed by atoms with Gasteiger partial charge in [0.15, 0.2) is 0 Å². The third-order valence-corrected chi connectivity index (χ3v) is 4.59. The van der Waals surface area contributed by atoms with Crippen molar-refractivity contribution in [3.63, 3.8) is 0 Å². The van der Waals surface area contributed by atoms with Crippen molar-refractivity contribution in [2.45, 2.75) is 57.9 Å². The van der Waals surface area contributed by atoms with E-state index >= 15 is 0 Å². The number of rotatable bonds is 4. The van der Waals surface area contributed by atoms with Crippen molar-refractivity contribution >= 4 is 17.4 Å². The number of anilines is 2. The summed E-state index contributed by atoms with van der Waals surface area (Å²) in [7, 11) is 0. The molecule has 5 heteroatoms. The molecule has 0 saturated heterocycles. The number of carbonyl (C=O) groups is 1. The first-order valence-corrected chi connectivity index (χ1v) is 8.93. The van der Waals surface area contributed by atoms with Gasteiger partial charge in [-0.15, -0.1) is 0 Å². The summed E-state index contributed by atoms with van der Waals surface area (Å²) in [6.45, 7) is 6.52. The molecule has 0 spiro atoms. The van der Waals surface area contributed by atoms with E-state index in [9.17, 15) is 4.79 Å². The van der Waals surface area contributed by atoms with E-state index < -0.39 is 0 Å². The van der Waals surface area contributed by atoms with Crippen LogP contribution in [0.4, 0.5) is 11.5 Å². The fourth-order valence-corrected chi connectivity index (χ4v) is 3.26. The summed E-state index contributed by atoms with van der Waals surface area (Å²) in [5, 5.41) is 6.40. The number of nitrogens with zero attached hydrogens (tertiary/aromatic N) is 2. The quantitative estimate of drug-likeness (QED) is 0.877. The van der Waals surface area contributed by atoms with Crippen LogP contribution in [0.15, 0.2) is 36.7 Å². The average Bonchev–Trinajstić information content (AvgIpc) is 3.07. The highest BCUT2D eigenvalue weighted by Crippen LogP contribution is 2.30. The molecule has 132 valence electrons. The van der Waals surface area contributed by atoms with Crippen LogP contribution in [-0.2, 0) is 5.41 Å². The lowest BCUT2D eigenvalue weighted by Crippen LogP contribution is -2.33. The topological polar surface area (TPSA) is 66.9 Å². The highest BCUT2D eigenvalue weighted by Gasteiger charge is 2.20. The fourth-order valence-electron chi connectivity index (χ4n) is 3.26. The van der Waals surface area contributed by atoms with Gasteiger partial charge in [0.05, 0.1) is 0 Å². The molecular weight excluding hydrogens is 312 g/mol. The highest BCUT2D eigenvalue weighted by atomic mass is 16.1. The first-order chi connectivity index (χ1) is 11.9. The van der Waals surface area contributed by atoms with E-state index in [1.807, 2.05) is 18.2 Å². The van der Waals surface area contributed by atoms with Crippen molar-refractivity contribution in [2.24, 2.45) is 0 Å². The predicted molar refractivity (Wildman–Crippen MR) is 100 cm³/mol. The Hall–Kier alpha value is -2.43. The maximum atomic E-state index is 12.4. The van der Waals surface area contributed by atoms with Crippen molar-refractivity contribution in [2.75, 3.05) is 5.32 Å². The van der Waals surface area contributed by atoms with E-state index in [1.54, 1.807) is 6.07 Å². The molecular formula is C20H26N4O. The van der Waals surface area contributed by atoms with Crippen molar-refractivity contribution in [1.29, 1.82) is 0 Å². The Kier molecular flexibility index (Phi) is 5.02. The Morgan fingerprint density at radius 1 is 1.12 bits per heavy atom. The Labute approximate surface area is 149 Å². The van der Waals surface area contributed by atoms with Gasteiger partial charge in [-0.3, -0.25) is 4.79 Å². The molecule has 0 aliphatic heterocycles. The van der Waals surface area contributed by atoms with Crippen molar-refractivity contribution in [3.8, 4) is 0 Å². The van der Waals surface area contributed by atoms with E-state index in [0.29, 0.717) is 11.5 Å². The Balaban J connectivity index is 1.77. The highest BCUT2D eigenvalue weighted by molar-refractivity contribution is 5.93. The number of hydrogen-bond acceptors (Lipinski definition) is 4. The van der Waals surface area contributed by atoms with Gasteiger partial charge in [-0.25, -0.2) is 9.97 Å². The van der Waals surface area contributed by atoms with Crippen molar-refractivity contribution in [1.82, 2.24) is 15.3 Å². The minimum atomic E-state index is -0.124. The summed E-state index contributed by atoms with van der Waals surface area (Å²) in [5.41, 5.74) is 2.61. The van der Waals surface area contributed by atoms with Gasteiger partial charge >= 0.3 is 0 Å².